The summed E-state index contributed by atoms with van der Waals surface area (Å²) in [5.41, 5.74) is -0.873. The first kappa shape index (κ1) is 23.3. The number of hydrogen-bond acceptors (Lipinski definition) is 6. The SMILES string of the molecule is O=C(NC1(C(=O)NCc2ccc(Nc3ccccc3C(F)(F)F)cc2)CCOC1)c1cnco1. The minimum Gasteiger partial charge on any atom is -0.438 e. The number of anilines is 2. The number of oxazole rings is 1. The Hall–Kier alpha value is -3.86. The topological polar surface area (TPSA) is 105 Å². The molecule has 11 heteroatoms. The lowest BCUT2D eigenvalue weighted by atomic mass is 9.97. The molecule has 178 valence electrons. The van der Waals surface area contributed by atoms with Crippen molar-refractivity contribution in [1.82, 2.24) is 15.6 Å². The van der Waals surface area contributed by atoms with Crippen molar-refractivity contribution in [2.24, 2.45) is 0 Å². The molecular formula is C23H21F3N4O4. The van der Waals surface area contributed by atoms with Gasteiger partial charge in [-0.2, -0.15) is 13.2 Å². The van der Waals surface area contributed by atoms with Gasteiger partial charge in [0, 0.05) is 25.3 Å². The van der Waals surface area contributed by atoms with E-state index >= 15 is 0 Å². The number of nitrogens with one attached hydrogen (secondary N) is 3. The van der Waals surface area contributed by atoms with Crippen LogP contribution in [0.4, 0.5) is 24.5 Å². The van der Waals surface area contributed by atoms with Crippen LogP contribution in [0.15, 0.2) is 65.5 Å². The van der Waals surface area contributed by atoms with Crippen LogP contribution >= 0.6 is 0 Å². The predicted octanol–water partition coefficient (Wildman–Crippen LogP) is 3.64. The molecular weight excluding hydrogens is 453 g/mol. The normalized spacial score (nSPS) is 17.9. The van der Waals surface area contributed by atoms with E-state index in [9.17, 15) is 22.8 Å². The highest BCUT2D eigenvalue weighted by molar-refractivity contribution is 5.97. The Morgan fingerprint density at radius 3 is 2.50 bits per heavy atom. The Bertz CT molecular complexity index is 1140. The Labute approximate surface area is 192 Å². The van der Waals surface area contributed by atoms with E-state index in [1.54, 1.807) is 24.3 Å². The number of ether oxygens (including phenoxy) is 1. The zero-order chi connectivity index (χ0) is 24.2. The van der Waals surface area contributed by atoms with E-state index in [0.29, 0.717) is 18.7 Å². The molecule has 1 atom stereocenters. The molecule has 3 N–H and O–H groups in total. The lowest BCUT2D eigenvalue weighted by Crippen LogP contribution is -2.59. The maximum absolute atomic E-state index is 13.2. The van der Waals surface area contributed by atoms with E-state index in [1.165, 1.54) is 24.4 Å². The number of halogens is 3. The number of nitrogens with zero attached hydrogens (tertiary/aromatic N) is 1. The molecule has 0 spiro atoms. The second kappa shape index (κ2) is 9.56. The highest BCUT2D eigenvalue weighted by Gasteiger charge is 2.44. The van der Waals surface area contributed by atoms with Gasteiger partial charge in [0.15, 0.2) is 6.39 Å². The fourth-order valence-corrected chi connectivity index (χ4v) is 3.56. The van der Waals surface area contributed by atoms with Gasteiger partial charge in [-0.3, -0.25) is 9.59 Å². The third kappa shape index (κ3) is 5.20. The van der Waals surface area contributed by atoms with Gasteiger partial charge in [0.2, 0.25) is 11.7 Å². The van der Waals surface area contributed by atoms with Gasteiger partial charge in [0.05, 0.1) is 24.1 Å². The smallest absolute Gasteiger partial charge is 0.418 e. The molecule has 4 rings (SSSR count). The molecule has 1 fully saturated rings. The molecule has 2 heterocycles. The summed E-state index contributed by atoms with van der Waals surface area (Å²) >= 11 is 0. The van der Waals surface area contributed by atoms with Crippen molar-refractivity contribution in [2.45, 2.75) is 24.7 Å². The van der Waals surface area contributed by atoms with Crippen molar-refractivity contribution in [2.75, 3.05) is 18.5 Å². The Balaban J connectivity index is 1.38. The fraction of sp³-hybridized carbons (Fsp3) is 0.261. The maximum Gasteiger partial charge on any atom is 0.418 e. The first-order chi connectivity index (χ1) is 16.3. The van der Waals surface area contributed by atoms with Crippen molar-refractivity contribution >= 4 is 23.2 Å². The van der Waals surface area contributed by atoms with Gasteiger partial charge < -0.3 is 25.1 Å². The summed E-state index contributed by atoms with van der Waals surface area (Å²) in [6.45, 7) is 0.474. The number of carbonyl (C=O) groups is 2. The number of benzene rings is 2. The number of carbonyl (C=O) groups excluding carboxylic acids is 2. The van der Waals surface area contributed by atoms with Gasteiger partial charge in [0.25, 0.3) is 5.91 Å². The van der Waals surface area contributed by atoms with Gasteiger partial charge in [-0.05, 0) is 29.8 Å². The Morgan fingerprint density at radius 1 is 1.09 bits per heavy atom. The van der Waals surface area contributed by atoms with Gasteiger partial charge in [-0.25, -0.2) is 4.98 Å². The summed E-state index contributed by atoms with van der Waals surface area (Å²) < 4.78 is 49.9. The van der Waals surface area contributed by atoms with E-state index in [2.05, 4.69) is 20.9 Å². The number of para-hydroxylation sites is 1. The monoisotopic (exact) mass is 474 g/mol. The molecule has 34 heavy (non-hydrogen) atoms. The molecule has 3 aromatic rings. The number of rotatable bonds is 7. The summed E-state index contributed by atoms with van der Waals surface area (Å²) in [5, 5.41) is 8.23. The van der Waals surface area contributed by atoms with Crippen LogP contribution in [-0.2, 0) is 22.3 Å². The van der Waals surface area contributed by atoms with Gasteiger partial charge in [-0.15, -0.1) is 0 Å². The zero-order valence-electron chi connectivity index (χ0n) is 17.8. The van der Waals surface area contributed by atoms with Crippen LogP contribution in [0, 0.1) is 0 Å². The predicted molar refractivity (Wildman–Crippen MR) is 115 cm³/mol. The molecule has 0 bridgehead atoms. The van der Waals surface area contributed by atoms with Gasteiger partial charge in [-0.1, -0.05) is 24.3 Å². The van der Waals surface area contributed by atoms with E-state index in [-0.39, 0.29) is 24.6 Å². The van der Waals surface area contributed by atoms with Gasteiger partial charge >= 0.3 is 6.18 Å². The minimum absolute atomic E-state index is 0.0141. The van der Waals surface area contributed by atoms with E-state index in [1.807, 2.05) is 0 Å². The highest BCUT2D eigenvalue weighted by atomic mass is 19.4. The average Bonchev–Trinajstić information content (AvgIpc) is 3.51. The average molecular weight is 474 g/mol. The van der Waals surface area contributed by atoms with Crippen molar-refractivity contribution in [1.29, 1.82) is 0 Å². The van der Waals surface area contributed by atoms with Crippen molar-refractivity contribution < 1.29 is 31.9 Å². The Kier molecular flexibility index (Phi) is 6.55. The third-order valence-electron chi connectivity index (χ3n) is 5.38. The largest absolute Gasteiger partial charge is 0.438 e. The summed E-state index contributed by atoms with van der Waals surface area (Å²) in [7, 11) is 0. The first-order valence-electron chi connectivity index (χ1n) is 10.4. The summed E-state index contributed by atoms with van der Waals surface area (Å²) in [5.74, 6) is -1.01. The van der Waals surface area contributed by atoms with Crippen LogP contribution < -0.4 is 16.0 Å². The van der Waals surface area contributed by atoms with Crippen molar-refractivity contribution in [3.63, 3.8) is 0 Å². The number of amides is 2. The molecule has 1 unspecified atom stereocenters. The van der Waals surface area contributed by atoms with E-state index < -0.39 is 29.1 Å². The summed E-state index contributed by atoms with van der Waals surface area (Å²) in [6.07, 6.45) is -1.82. The summed E-state index contributed by atoms with van der Waals surface area (Å²) in [4.78, 5) is 29.0. The molecule has 8 nitrogen and oxygen atoms in total. The highest BCUT2D eigenvalue weighted by Crippen LogP contribution is 2.35. The lowest BCUT2D eigenvalue weighted by Gasteiger charge is -2.27. The van der Waals surface area contributed by atoms with E-state index in [0.717, 1.165) is 18.0 Å². The number of hydrogen-bond donors (Lipinski definition) is 3. The molecule has 1 aromatic heterocycles. The second-order valence-corrected chi connectivity index (χ2v) is 7.75. The quantitative estimate of drug-likeness (QED) is 0.483. The van der Waals surface area contributed by atoms with Crippen LogP contribution in [0.5, 0.6) is 0 Å². The van der Waals surface area contributed by atoms with Gasteiger partial charge in [0.1, 0.15) is 5.54 Å². The van der Waals surface area contributed by atoms with Crippen molar-refractivity contribution in [3.8, 4) is 0 Å². The second-order valence-electron chi connectivity index (χ2n) is 7.75. The molecule has 1 saturated heterocycles. The molecule has 1 aliphatic rings. The molecule has 2 aromatic carbocycles. The standard InChI is InChI=1S/C23H21F3N4O4/c24-23(25,26)17-3-1-2-4-18(17)29-16-7-5-15(6-8-16)11-28-21(32)22(9-10-33-13-22)30-20(31)19-12-27-14-34-19/h1-8,12,14,29H,9-11,13H2,(H,28,32)(H,30,31). The first-order valence-corrected chi connectivity index (χ1v) is 10.4. The van der Waals surface area contributed by atoms with Crippen LogP contribution in [0.3, 0.4) is 0 Å². The van der Waals surface area contributed by atoms with E-state index in [4.69, 9.17) is 9.15 Å². The number of alkyl halides is 3. The molecule has 0 aliphatic carbocycles. The fourth-order valence-electron chi connectivity index (χ4n) is 3.56. The maximum atomic E-state index is 13.2. The number of aromatic nitrogens is 1. The Morgan fingerprint density at radius 2 is 1.85 bits per heavy atom. The third-order valence-corrected chi connectivity index (χ3v) is 5.38. The van der Waals surface area contributed by atoms with Crippen molar-refractivity contribution in [3.05, 3.63) is 78.0 Å². The molecule has 2 amide bonds. The van der Waals surface area contributed by atoms with Crippen LogP contribution in [0.2, 0.25) is 0 Å². The molecule has 1 aliphatic heterocycles. The molecule has 0 saturated carbocycles. The van der Waals surface area contributed by atoms with Crippen LogP contribution in [0.25, 0.3) is 0 Å². The van der Waals surface area contributed by atoms with Crippen LogP contribution in [-0.4, -0.2) is 35.6 Å². The molecule has 0 radical (unpaired) electrons. The summed E-state index contributed by atoms with van der Waals surface area (Å²) in [6, 6.07) is 11.8. The minimum atomic E-state index is -4.48. The lowest BCUT2D eigenvalue weighted by molar-refractivity contribution is -0.137. The van der Waals surface area contributed by atoms with Crippen LogP contribution in [0.1, 0.15) is 28.1 Å². The zero-order valence-corrected chi connectivity index (χ0v) is 17.8.